The standard InChI is InChI=1S/C16H22N4O3/c1-5-11-12(6-2)19-20-16(18-11)17-9-10-7-13(22-3)15(21)14(8-10)23-4/h7-8,21H,5-6,9H2,1-4H3,(H,17,18,20). The summed E-state index contributed by atoms with van der Waals surface area (Å²) in [7, 11) is 2.99. The summed E-state index contributed by atoms with van der Waals surface area (Å²) in [5, 5.41) is 21.3. The van der Waals surface area contributed by atoms with Crippen LogP contribution in [0, 0.1) is 0 Å². The van der Waals surface area contributed by atoms with Crippen LogP contribution >= 0.6 is 0 Å². The largest absolute Gasteiger partial charge is 0.502 e. The Morgan fingerprint density at radius 3 is 2.13 bits per heavy atom. The van der Waals surface area contributed by atoms with E-state index in [-0.39, 0.29) is 5.75 Å². The summed E-state index contributed by atoms with van der Waals surface area (Å²) in [5.74, 6) is 1.17. The molecule has 2 N–H and O–H groups in total. The van der Waals surface area contributed by atoms with Gasteiger partial charge < -0.3 is 19.9 Å². The van der Waals surface area contributed by atoms with Gasteiger partial charge in [0.1, 0.15) is 0 Å². The van der Waals surface area contributed by atoms with E-state index in [1.807, 2.05) is 13.8 Å². The molecule has 1 aromatic heterocycles. The lowest BCUT2D eigenvalue weighted by atomic mass is 10.2. The molecule has 124 valence electrons. The highest BCUT2D eigenvalue weighted by Gasteiger charge is 2.12. The number of benzene rings is 1. The molecule has 2 aromatic rings. The number of nitrogens with zero attached hydrogens (tertiary/aromatic N) is 3. The Labute approximate surface area is 135 Å². The average Bonchev–Trinajstić information content (AvgIpc) is 2.60. The lowest BCUT2D eigenvalue weighted by Crippen LogP contribution is -2.09. The lowest BCUT2D eigenvalue weighted by molar-refractivity contribution is 0.339. The number of methoxy groups -OCH3 is 2. The number of nitrogens with one attached hydrogen (secondary N) is 1. The van der Waals surface area contributed by atoms with E-state index in [4.69, 9.17) is 9.47 Å². The van der Waals surface area contributed by atoms with E-state index < -0.39 is 0 Å². The third-order valence-electron chi connectivity index (χ3n) is 3.50. The van der Waals surface area contributed by atoms with Crippen LogP contribution < -0.4 is 14.8 Å². The Hall–Kier alpha value is -2.57. The van der Waals surface area contributed by atoms with Gasteiger partial charge in [-0.05, 0) is 30.5 Å². The van der Waals surface area contributed by atoms with E-state index in [2.05, 4.69) is 20.5 Å². The molecule has 0 fully saturated rings. The van der Waals surface area contributed by atoms with Crippen molar-refractivity contribution < 1.29 is 14.6 Å². The van der Waals surface area contributed by atoms with Crippen LogP contribution in [0.4, 0.5) is 5.95 Å². The normalized spacial score (nSPS) is 10.4. The molecular formula is C16H22N4O3. The number of rotatable bonds is 7. The predicted octanol–water partition coefficient (Wildman–Crippen LogP) is 2.33. The first-order chi connectivity index (χ1) is 11.1. The summed E-state index contributed by atoms with van der Waals surface area (Å²) in [6.07, 6.45) is 1.63. The zero-order valence-electron chi connectivity index (χ0n) is 13.9. The number of phenols is 1. The average molecular weight is 318 g/mol. The summed E-state index contributed by atoms with van der Waals surface area (Å²) >= 11 is 0. The maximum atomic E-state index is 9.92. The van der Waals surface area contributed by atoms with Gasteiger partial charge >= 0.3 is 0 Å². The minimum absolute atomic E-state index is 0.0164. The molecule has 0 aliphatic heterocycles. The Kier molecular flexibility index (Phi) is 5.56. The van der Waals surface area contributed by atoms with Gasteiger partial charge in [-0.3, -0.25) is 0 Å². The highest BCUT2D eigenvalue weighted by atomic mass is 16.5. The Morgan fingerprint density at radius 2 is 1.61 bits per heavy atom. The van der Waals surface area contributed by atoms with Crippen molar-refractivity contribution in [1.29, 1.82) is 0 Å². The third-order valence-corrected chi connectivity index (χ3v) is 3.50. The van der Waals surface area contributed by atoms with Crippen molar-refractivity contribution in [3.8, 4) is 17.2 Å². The van der Waals surface area contributed by atoms with Crippen molar-refractivity contribution >= 4 is 5.95 Å². The van der Waals surface area contributed by atoms with Gasteiger partial charge in [-0.25, -0.2) is 4.98 Å². The first kappa shape index (κ1) is 16.8. The summed E-state index contributed by atoms with van der Waals surface area (Å²) < 4.78 is 10.3. The molecule has 0 amide bonds. The molecule has 1 aromatic carbocycles. The van der Waals surface area contributed by atoms with Crippen molar-refractivity contribution in [2.24, 2.45) is 0 Å². The third kappa shape index (κ3) is 3.80. The fraction of sp³-hybridized carbons (Fsp3) is 0.438. The number of phenolic OH excluding ortho intramolecular Hbond substituents is 1. The number of aromatic nitrogens is 3. The molecule has 0 saturated heterocycles. The SMILES string of the molecule is CCc1nnc(NCc2cc(OC)c(O)c(OC)c2)nc1CC. The molecule has 2 rings (SSSR count). The van der Waals surface area contributed by atoms with Crippen molar-refractivity contribution in [2.75, 3.05) is 19.5 Å². The molecule has 7 nitrogen and oxygen atoms in total. The molecule has 1 heterocycles. The van der Waals surface area contributed by atoms with E-state index in [1.165, 1.54) is 14.2 Å². The molecule has 0 radical (unpaired) electrons. The van der Waals surface area contributed by atoms with Gasteiger partial charge in [-0.1, -0.05) is 13.8 Å². The van der Waals surface area contributed by atoms with E-state index >= 15 is 0 Å². The zero-order chi connectivity index (χ0) is 16.8. The lowest BCUT2D eigenvalue weighted by Gasteiger charge is -2.12. The summed E-state index contributed by atoms with van der Waals surface area (Å²) in [6, 6.07) is 3.47. The number of hydrogen-bond acceptors (Lipinski definition) is 7. The molecular weight excluding hydrogens is 296 g/mol. The Balaban J connectivity index is 2.17. The van der Waals surface area contributed by atoms with Crippen LogP contribution in [0.15, 0.2) is 12.1 Å². The first-order valence-corrected chi connectivity index (χ1v) is 7.53. The number of hydrogen-bond donors (Lipinski definition) is 2. The van der Waals surface area contributed by atoms with Crippen LogP contribution in [0.3, 0.4) is 0 Å². The van der Waals surface area contributed by atoms with Gasteiger partial charge in [0.05, 0.1) is 25.6 Å². The second-order valence-electron chi connectivity index (χ2n) is 4.94. The van der Waals surface area contributed by atoms with Crippen LogP contribution in [-0.4, -0.2) is 34.5 Å². The fourth-order valence-corrected chi connectivity index (χ4v) is 2.24. The van der Waals surface area contributed by atoms with E-state index in [1.54, 1.807) is 12.1 Å². The second kappa shape index (κ2) is 7.62. The van der Waals surface area contributed by atoms with E-state index in [9.17, 15) is 5.11 Å². The quantitative estimate of drug-likeness (QED) is 0.809. The molecule has 0 unspecified atom stereocenters. The van der Waals surface area contributed by atoms with Crippen LogP contribution in [-0.2, 0) is 19.4 Å². The van der Waals surface area contributed by atoms with Crippen LogP contribution in [0.2, 0.25) is 0 Å². The maximum Gasteiger partial charge on any atom is 0.243 e. The van der Waals surface area contributed by atoms with Crippen molar-refractivity contribution in [1.82, 2.24) is 15.2 Å². The Bertz CT molecular complexity index is 651. The fourth-order valence-electron chi connectivity index (χ4n) is 2.24. The highest BCUT2D eigenvalue weighted by Crippen LogP contribution is 2.37. The van der Waals surface area contributed by atoms with Crippen molar-refractivity contribution in [3.63, 3.8) is 0 Å². The number of anilines is 1. The highest BCUT2D eigenvalue weighted by molar-refractivity contribution is 5.53. The molecule has 7 heteroatoms. The number of ether oxygens (including phenoxy) is 2. The summed E-state index contributed by atoms with van der Waals surface area (Å²) in [5.41, 5.74) is 2.75. The Morgan fingerprint density at radius 1 is 1.00 bits per heavy atom. The van der Waals surface area contributed by atoms with Gasteiger partial charge in [0.15, 0.2) is 11.5 Å². The van der Waals surface area contributed by atoms with Gasteiger partial charge in [-0.2, -0.15) is 5.10 Å². The summed E-state index contributed by atoms with van der Waals surface area (Å²) in [6.45, 7) is 4.54. The van der Waals surface area contributed by atoms with E-state index in [0.29, 0.717) is 24.0 Å². The topological polar surface area (TPSA) is 89.4 Å². The molecule has 0 spiro atoms. The van der Waals surface area contributed by atoms with Gasteiger partial charge in [0.2, 0.25) is 11.7 Å². The molecule has 23 heavy (non-hydrogen) atoms. The zero-order valence-corrected chi connectivity index (χ0v) is 13.9. The molecule has 0 aliphatic carbocycles. The van der Waals surface area contributed by atoms with Crippen molar-refractivity contribution in [3.05, 3.63) is 29.1 Å². The molecule has 0 atom stereocenters. The molecule has 0 saturated carbocycles. The second-order valence-corrected chi connectivity index (χ2v) is 4.94. The van der Waals surface area contributed by atoms with Crippen molar-refractivity contribution in [2.45, 2.75) is 33.2 Å². The van der Waals surface area contributed by atoms with Gasteiger partial charge in [0.25, 0.3) is 0 Å². The monoisotopic (exact) mass is 318 g/mol. The van der Waals surface area contributed by atoms with Crippen LogP contribution in [0.1, 0.15) is 30.8 Å². The maximum absolute atomic E-state index is 9.92. The minimum Gasteiger partial charge on any atom is -0.502 e. The van der Waals surface area contributed by atoms with Gasteiger partial charge in [0, 0.05) is 6.54 Å². The summed E-state index contributed by atoms with van der Waals surface area (Å²) in [4.78, 5) is 4.48. The molecule has 0 aliphatic rings. The van der Waals surface area contributed by atoms with E-state index in [0.717, 1.165) is 29.8 Å². The minimum atomic E-state index is -0.0164. The van der Waals surface area contributed by atoms with Crippen LogP contribution in [0.5, 0.6) is 17.2 Å². The number of aryl methyl sites for hydroxylation is 2. The molecule has 0 bridgehead atoms. The number of aromatic hydroxyl groups is 1. The first-order valence-electron chi connectivity index (χ1n) is 7.53. The van der Waals surface area contributed by atoms with Gasteiger partial charge in [-0.15, -0.1) is 5.10 Å². The smallest absolute Gasteiger partial charge is 0.243 e. The predicted molar refractivity (Wildman–Crippen MR) is 87.1 cm³/mol. The van der Waals surface area contributed by atoms with Crippen LogP contribution in [0.25, 0.3) is 0 Å².